The first-order chi connectivity index (χ1) is 8.99. The lowest BCUT2D eigenvalue weighted by molar-refractivity contribution is 0.0694. The summed E-state index contributed by atoms with van der Waals surface area (Å²) >= 11 is 9.37. The molecule has 0 unspecified atom stereocenters. The maximum Gasteiger partial charge on any atom is 0.341 e. The smallest absolute Gasteiger partial charge is 0.341 e. The van der Waals surface area contributed by atoms with E-state index in [0.717, 1.165) is 10.0 Å². The molecule has 0 radical (unpaired) electrons. The second-order valence-electron chi connectivity index (χ2n) is 3.90. The Balaban J connectivity index is 2.42. The molecule has 0 fully saturated rings. The molecule has 1 aromatic heterocycles. The Kier molecular flexibility index (Phi) is 4.07. The summed E-state index contributed by atoms with van der Waals surface area (Å²) in [7, 11) is 0. The Morgan fingerprint density at radius 1 is 1.37 bits per heavy atom. The van der Waals surface area contributed by atoms with E-state index in [1.54, 1.807) is 12.1 Å². The standard InChI is InChI=1S/C13H9BrClNO3/c14-9-4-3-8(11(15)6-9)7-16-5-1-2-10(12(16)17)13(18)19/h1-6H,7H2,(H,18,19). The van der Waals surface area contributed by atoms with Crippen LogP contribution in [0.15, 0.2) is 45.8 Å². The highest BCUT2D eigenvalue weighted by atomic mass is 79.9. The van der Waals surface area contributed by atoms with Crippen LogP contribution < -0.4 is 5.56 Å². The third kappa shape index (κ3) is 3.05. The lowest BCUT2D eigenvalue weighted by Gasteiger charge is -2.08. The zero-order valence-electron chi connectivity index (χ0n) is 9.64. The van der Waals surface area contributed by atoms with Crippen LogP contribution >= 0.6 is 27.5 Å². The van der Waals surface area contributed by atoms with Gasteiger partial charge in [-0.05, 0) is 29.8 Å². The normalized spacial score (nSPS) is 10.4. The van der Waals surface area contributed by atoms with Gasteiger partial charge >= 0.3 is 5.97 Å². The molecule has 1 aromatic carbocycles. The Morgan fingerprint density at radius 3 is 2.74 bits per heavy atom. The second kappa shape index (κ2) is 5.59. The summed E-state index contributed by atoms with van der Waals surface area (Å²) in [4.78, 5) is 22.8. The molecule has 0 atom stereocenters. The monoisotopic (exact) mass is 341 g/mol. The zero-order chi connectivity index (χ0) is 14.0. The van der Waals surface area contributed by atoms with E-state index in [1.165, 1.54) is 22.9 Å². The molecule has 1 N–H and O–H groups in total. The van der Waals surface area contributed by atoms with Gasteiger partial charge < -0.3 is 9.67 Å². The molecule has 0 saturated heterocycles. The third-order valence-electron chi connectivity index (χ3n) is 2.61. The number of rotatable bonds is 3. The molecular formula is C13H9BrClNO3. The van der Waals surface area contributed by atoms with Gasteiger partial charge in [0.15, 0.2) is 0 Å². The van der Waals surface area contributed by atoms with E-state index in [-0.39, 0.29) is 12.1 Å². The molecule has 0 bridgehead atoms. The number of carboxylic acids is 1. The van der Waals surface area contributed by atoms with Crippen LogP contribution in [0.3, 0.4) is 0 Å². The fourth-order valence-electron chi connectivity index (χ4n) is 1.66. The van der Waals surface area contributed by atoms with Crippen LogP contribution in [0.4, 0.5) is 0 Å². The van der Waals surface area contributed by atoms with Crippen LogP contribution in [0.2, 0.25) is 5.02 Å². The van der Waals surface area contributed by atoms with Gasteiger partial charge in [0.1, 0.15) is 5.56 Å². The minimum absolute atomic E-state index is 0.228. The molecule has 0 aliphatic rings. The van der Waals surface area contributed by atoms with Crippen molar-refractivity contribution < 1.29 is 9.90 Å². The first kappa shape index (κ1) is 13.8. The van der Waals surface area contributed by atoms with Crippen LogP contribution in [0.1, 0.15) is 15.9 Å². The number of halogens is 2. The largest absolute Gasteiger partial charge is 0.477 e. The number of aromatic nitrogens is 1. The first-order valence-corrected chi connectivity index (χ1v) is 6.53. The summed E-state index contributed by atoms with van der Waals surface area (Å²) in [5.41, 5.74) is -0.0563. The fourth-order valence-corrected chi connectivity index (χ4v) is 2.39. The molecule has 19 heavy (non-hydrogen) atoms. The molecule has 0 saturated carbocycles. The Bertz CT molecular complexity index is 697. The van der Waals surface area contributed by atoms with Gasteiger partial charge in [-0.2, -0.15) is 0 Å². The van der Waals surface area contributed by atoms with Crippen LogP contribution in [-0.2, 0) is 6.54 Å². The van der Waals surface area contributed by atoms with Crippen molar-refractivity contribution >= 4 is 33.5 Å². The number of nitrogens with zero attached hydrogens (tertiary/aromatic N) is 1. The number of aromatic carboxylic acids is 1. The van der Waals surface area contributed by atoms with Crippen molar-refractivity contribution in [2.45, 2.75) is 6.54 Å². The average Bonchev–Trinajstić information content (AvgIpc) is 2.34. The third-order valence-corrected chi connectivity index (χ3v) is 3.45. The molecule has 0 aliphatic heterocycles. The SMILES string of the molecule is O=C(O)c1cccn(Cc2ccc(Br)cc2Cl)c1=O. The summed E-state index contributed by atoms with van der Waals surface area (Å²) in [5.74, 6) is -1.23. The van der Waals surface area contributed by atoms with Crippen molar-refractivity contribution in [3.05, 3.63) is 67.5 Å². The van der Waals surface area contributed by atoms with Crippen molar-refractivity contribution in [1.29, 1.82) is 0 Å². The second-order valence-corrected chi connectivity index (χ2v) is 5.22. The molecule has 2 rings (SSSR count). The van der Waals surface area contributed by atoms with Gasteiger partial charge in [0.2, 0.25) is 0 Å². The molecule has 2 aromatic rings. The van der Waals surface area contributed by atoms with Gasteiger partial charge in [-0.25, -0.2) is 4.79 Å². The average molecular weight is 343 g/mol. The Morgan fingerprint density at radius 2 is 2.11 bits per heavy atom. The van der Waals surface area contributed by atoms with Gasteiger partial charge in [-0.15, -0.1) is 0 Å². The maximum absolute atomic E-state index is 11.9. The number of hydrogen-bond donors (Lipinski definition) is 1. The van der Waals surface area contributed by atoms with Crippen molar-refractivity contribution in [2.75, 3.05) is 0 Å². The minimum atomic E-state index is -1.23. The van der Waals surface area contributed by atoms with E-state index >= 15 is 0 Å². The summed E-state index contributed by atoms with van der Waals surface area (Å²) in [6.45, 7) is 0.228. The first-order valence-electron chi connectivity index (χ1n) is 5.35. The van der Waals surface area contributed by atoms with Crippen molar-refractivity contribution in [1.82, 2.24) is 4.57 Å². The Hall–Kier alpha value is -1.59. The molecule has 6 heteroatoms. The van der Waals surface area contributed by atoms with Crippen LogP contribution in [0.25, 0.3) is 0 Å². The number of pyridine rings is 1. The van der Waals surface area contributed by atoms with Crippen molar-refractivity contribution in [3.8, 4) is 0 Å². The summed E-state index contributed by atoms with van der Waals surface area (Å²) in [5, 5.41) is 9.42. The van der Waals surface area contributed by atoms with Gasteiger partial charge in [-0.3, -0.25) is 4.79 Å². The zero-order valence-corrected chi connectivity index (χ0v) is 12.0. The molecular weight excluding hydrogens is 334 g/mol. The Labute approximate surface area is 122 Å². The van der Waals surface area contributed by atoms with E-state index in [0.29, 0.717) is 5.02 Å². The molecule has 0 spiro atoms. The molecule has 98 valence electrons. The van der Waals surface area contributed by atoms with E-state index in [2.05, 4.69) is 15.9 Å². The number of benzene rings is 1. The number of carboxylic acid groups (broad SMARTS) is 1. The van der Waals surface area contributed by atoms with E-state index in [4.69, 9.17) is 16.7 Å². The van der Waals surface area contributed by atoms with Crippen molar-refractivity contribution in [2.24, 2.45) is 0 Å². The van der Waals surface area contributed by atoms with Gasteiger partial charge in [0.05, 0.1) is 6.54 Å². The highest BCUT2D eigenvalue weighted by molar-refractivity contribution is 9.10. The predicted molar refractivity (Wildman–Crippen MR) is 75.9 cm³/mol. The molecule has 0 aliphatic carbocycles. The molecule has 4 nitrogen and oxygen atoms in total. The maximum atomic E-state index is 11.9. The number of hydrogen-bond acceptors (Lipinski definition) is 2. The lowest BCUT2D eigenvalue weighted by atomic mass is 10.2. The van der Waals surface area contributed by atoms with E-state index in [9.17, 15) is 9.59 Å². The van der Waals surface area contributed by atoms with Gasteiger partial charge in [0, 0.05) is 15.7 Å². The lowest BCUT2D eigenvalue weighted by Crippen LogP contribution is -2.26. The fraction of sp³-hybridized carbons (Fsp3) is 0.0769. The highest BCUT2D eigenvalue weighted by Gasteiger charge is 2.11. The van der Waals surface area contributed by atoms with Crippen LogP contribution in [-0.4, -0.2) is 15.6 Å². The number of carbonyl (C=O) groups is 1. The highest BCUT2D eigenvalue weighted by Crippen LogP contribution is 2.21. The predicted octanol–water partition coefficient (Wildman–Crippen LogP) is 3.01. The van der Waals surface area contributed by atoms with Crippen molar-refractivity contribution in [3.63, 3.8) is 0 Å². The van der Waals surface area contributed by atoms with E-state index in [1.807, 2.05) is 6.07 Å². The summed E-state index contributed by atoms with van der Waals surface area (Å²) < 4.78 is 2.16. The summed E-state index contributed by atoms with van der Waals surface area (Å²) in [6.07, 6.45) is 1.53. The quantitative estimate of drug-likeness (QED) is 0.933. The van der Waals surface area contributed by atoms with Crippen LogP contribution in [0.5, 0.6) is 0 Å². The van der Waals surface area contributed by atoms with Gasteiger partial charge in [-0.1, -0.05) is 33.6 Å². The minimum Gasteiger partial charge on any atom is -0.477 e. The van der Waals surface area contributed by atoms with Gasteiger partial charge in [0.25, 0.3) is 5.56 Å². The molecule has 1 heterocycles. The molecule has 0 amide bonds. The topological polar surface area (TPSA) is 59.3 Å². The summed E-state index contributed by atoms with van der Waals surface area (Å²) in [6, 6.07) is 8.13. The van der Waals surface area contributed by atoms with Crippen LogP contribution in [0, 0.1) is 0 Å². The van der Waals surface area contributed by atoms with E-state index < -0.39 is 11.5 Å².